The molecule has 0 aromatic rings. The Kier molecular flexibility index (Phi) is 3.94. The van der Waals surface area contributed by atoms with Crippen molar-refractivity contribution in [2.45, 2.75) is 50.4 Å². The maximum atomic E-state index is 12.2. The van der Waals surface area contributed by atoms with Crippen molar-refractivity contribution in [2.24, 2.45) is 11.8 Å². The number of nitrogens with one attached hydrogen (secondary N) is 2. The topological polar surface area (TPSA) is 87.7 Å². The summed E-state index contributed by atoms with van der Waals surface area (Å²) in [7, 11) is 0. The van der Waals surface area contributed by atoms with E-state index >= 15 is 0 Å². The average Bonchev–Trinajstić information content (AvgIpc) is 3.11. The van der Waals surface area contributed by atoms with Gasteiger partial charge in [0.1, 0.15) is 0 Å². The molecule has 1 saturated carbocycles. The van der Waals surface area contributed by atoms with Crippen LogP contribution in [0.3, 0.4) is 0 Å². The van der Waals surface area contributed by atoms with Gasteiger partial charge in [0.25, 0.3) is 0 Å². The minimum absolute atomic E-state index is 0.0433. The number of hydrogen-bond acceptors (Lipinski definition) is 4. The van der Waals surface area contributed by atoms with E-state index in [1.54, 1.807) is 0 Å². The normalized spacial score (nSPS) is 39.7. The van der Waals surface area contributed by atoms with E-state index < -0.39 is 12.1 Å². The molecule has 0 bridgehead atoms. The molecule has 1 amide bonds. The summed E-state index contributed by atoms with van der Waals surface area (Å²) in [5.74, 6) is 0.267. The van der Waals surface area contributed by atoms with Crippen LogP contribution in [0.5, 0.6) is 0 Å². The van der Waals surface area contributed by atoms with E-state index in [2.05, 4.69) is 10.6 Å². The summed E-state index contributed by atoms with van der Waals surface area (Å²) in [5, 5.41) is 15.1. The van der Waals surface area contributed by atoms with Crippen LogP contribution in [0.15, 0.2) is 0 Å². The van der Waals surface area contributed by atoms with Gasteiger partial charge in [-0.15, -0.1) is 0 Å². The number of aliphatic carboxylic acids is 1. The summed E-state index contributed by atoms with van der Waals surface area (Å²) in [5.41, 5.74) is 0. The van der Waals surface area contributed by atoms with Crippen LogP contribution in [0, 0.1) is 11.8 Å². The third kappa shape index (κ3) is 2.67. The number of fused-ring (bicyclic) bond motifs is 1. The van der Waals surface area contributed by atoms with Crippen molar-refractivity contribution in [3.63, 3.8) is 0 Å². The van der Waals surface area contributed by atoms with Gasteiger partial charge in [-0.25, -0.2) is 4.79 Å². The molecule has 0 radical (unpaired) electrons. The molecule has 5 unspecified atom stereocenters. The second-order valence-electron chi connectivity index (χ2n) is 6.15. The van der Waals surface area contributed by atoms with Gasteiger partial charge in [-0.05, 0) is 44.1 Å². The molecule has 5 atom stereocenters. The largest absolute Gasteiger partial charge is 0.479 e. The maximum absolute atomic E-state index is 12.2. The van der Waals surface area contributed by atoms with E-state index in [-0.39, 0.29) is 18.1 Å². The quantitative estimate of drug-likeness (QED) is 0.682. The highest BCUT2D eigenvalue weighted by Gasteiger charge is 2.42. The fraction of sp³-hybridized carbons (Fsp3) is 0.857. The molecule has 0 spiro atoms. The van der Waals surface area contributed by atoms with Crippen LogP contribution >= 0.6 is 0 Å². The molecule has 0 aromatic heterocycles. The number of amides is 1. The fourth-order valence-corrected chi connectivity index (χ4v) is 3.84. The smallest absolute Gasteiger partial charge is 0.332 e. The molecule has 3 rings (SSSR count). The lowest BCUT2D eigenvalue weighted by molar-refractivity contribution is -0.149. The zero-order valence-corrected chi connectivity index (χ0v) is 11.5. The van der Waals surface area contributed by atoms with Gasteiger partial charge >= 0.3 is 5.97 Å². The van der Waals surface area contributed by atoms with E-state index in [4.69, 9.17) is 9.84 Å². The fourth-order valence-electron chi connectivity index (χ4n) is 3.84. The van der Waals surface area contributed by atoms with Crippen molar-refractivity contribution in [1.82, 2.24) is 10.6 Å². The van der Waals surface area contributed by atoms with Crippen molar-refractivity contribution in [2.75, 3.05) is 13.1 Å². The van der Waals surface area contributed by atoms with Crippen molar-refractivity contribution < 1.29 is 19.4 Å². The molecule has 6 nitrogen and oxygen atoms in total. The molecular weight excluding hydrogens is 260 g/mol. The lowest BCUT2D eigenvalue weighted by Gasteiger charge is -2.19. The second kappa shape index (κ2) is 5.69. The molecule has 6 heteroatoms. The van der Waals surface area contributed by atoms with Crippen molar-refractivity contribution in [1.29, 1.82) is 0 Å². The molecule has 2 heterocycles. The monoisotopic (exact) mass is 282 g/mol. The summed E-state index contributed by atoms with van der Waals surface area (Å²) in [6.07, 6.45) is 3.95. The first-order valence-electron chi connectivity index (χ1n) is 7.54. The van der Waals surface area contributed by atoms with Gasteiger partial charge in [-0.2, -0.15) is 0 Å². The number of rotatable bonds is 4. The van der Waals surface area contributed by atoms with Crippen LogP contribution in [0.1, 0.15) is 32.1 Å². The molecule has 20 heavy (non-hydrogen) atoms. The first kappa shape index (κ1) is 13.8. The minimum Gasteiger partial charge on any atom is -0.479 e. The Labute approximate surface area is 118 Å². The van der Waals surface area contributed by atoms with Gasteiger partial charge in [0, 0.05) is 6.54 Å². The Morgan fingerprint density at radius 2 is 2.10 bits per heavy atom. The van der Waals surface area contributed by atoms with Gasteiger partial charge in [0.15, 0.2) is 6.10 Å². The molecule has 3 N–H and O–H groups in total. The number of ether oxygens (including phenoxy) is 1. The van der Waals surface area contributed by atoms with Crippen LogP contribution < -0.4 is 10.6 Å². The van der Waals surface area contributed by atoms with Gasteiger partial charge in [-0.1, -0.05) is 6.42 Å². The third-order valence-electron chi connectivity index (χ3n) is 4.92. The summed E-state index contributed by atoms with van der Waals surface area (Å²) in [6.45, 7) is 1.36. The zero-order valence-electron chi connectivity index (χ0n) is 11.5. The van der Waals surface area contributed by atoms with E-state index in [0.717, 1.165) is 13.0 Å². The Balaban J connectivity index is 1.45. The molecule has 2 aliphatic heterocycles. The van der Waals surface area contributed by atoms with Gasteiger partial charge < -0.3 is 20.5 Å². The second-order valence-corrected chi connectivity index (χ2v) is 6.15. The van der Waals surface area contributed by atoms with Crippen molar-refractivity contribution >= 4 is 11.9 Å². The predicted molar refractivity (Wildman–Crippen MR) is 71.2 cm³/mol. The lowest BCUT2D eigenvalue weighted by Crippen LogP contribution is -2.46. The number of carbonyl (C=O) groups excluding carboxylic acids is 1. The first-order chi connectivity index (χ1) is 9.65. The summed E-state index contributed by atoms with van der Waals surface area (Å²) >= 11 is 0. The van der Waals surface area contributed by atoms with E-state index in [9.17, 15) is 9.59 Å². The standard InChI is InChI=1S/C14H22N2O4/c17-13(12-10-3-1-2-8(10)6-15-12)16-7-9-4-5-11(20-9)14(18)19/h8-12,15H,1-7H2,(H,16,17)(H,18,19). The Morgan fingerprint density at radius 3 is 2.85 bits per heavy atom. The Morgan fingerprint density at radius 1 is 1.25 bits per heavy atom. The van der Waals surface area contributed by atoms with Crippen LogP contribution in [-0.4, -0.2) is 48.3 Å². The van der Waals surface area contributed by atoms with E-state index in [1.165, 1.54) is 12.8 Å². The summed E-state index contributed by atoms with van der Waals surface area (Å²) in [4.78, 5) is 23.0. The van der Waals surface area contributed by atoms with Crippen molar-refractivity contribution in [3.8, 4) is 0 Å². The van der Waals surface area contributed by atoms with E-state index in [1.807, 2.05) is 0 Å². The van der Waals surface area contributed by atoms with Crippen LogP contribution in [0.25, 0.3) is 0 Å². The van der Waals surface area contributed by atoms with Crippen LogP contribution in [-0.2, 0) is 14.3 Å². The predicted octanol–water partition coefficient (Wildman–Crippen LogP) is 0.123. The number of hydrogen-bond donors (Lipinski definition) is 3. The maximum Gasteiger partial charge on any atom is 0.332 e. The molecule has 1 aliphatic carbocycles. The highest BCUT2D eigenvalue weighted by atomic mass is 16.5. The van der Waals surface area contributed by atoms with Gasteiger partial charge in [0.05, 0.1) is 12.1 Å². The Hall–Kier alpha value is -1.14. The zero-order chi connectivity index (χ0) is 14.1. The average molecular weight is 282 g/mol. The first-order valence-corrected chi connectivity index (χ1v) is 7.54. The molecular formula is C14H22N2O4. The van der Waals surface area contributed by atoms with E-state index in [0.29, 0.717) is 31.2 Å². The van der Waals surface area contributed by atoms with Crippen molar-refractivity contribution in [3.05, 3.63) is 0 Å². The number of carboxylic acid groups (broad SMARTS) is 1. The Bertz CT molecular complexity index is 401. The minimum atomic E-state index is -0.912. The molecule has 3 fully saturated rings. The lowest BCUT2D eigenvalue weighted by atomic mass is 9.93. The number of carbonyl (C=O) groups is 2. The van der Waals surface area contributed by atoms with Gasteiger partial charge in [-0.3, -0.25) is 4.79 Å². The molecule has 2 saturated heterocycles. The molecule has 3 aliphatic rings. The van der Waals surface area contributed by atoms with Gasteiger partial charge in [0.2, 0.25) is 5.91 Å². The summed E-state index contributed by atoms with van der Waals surface area (Å²) < 4.78 is 5.39. The SMILES string of the molecule is O=C(O)C1CCC(CNC(=O)C2NCC3CCCC32)O1. The highest BCUT2D eigenvalue weighted by molar-refractivity contribution is 5.82. The molecule has 112 valence electrons. The third-order valence-corrected chi connectivity index (χ3v) is 4.92. The molecule has 0 aromatic carbocycles. The summed E-state index contributed by atoms with van der Waals surface area (Å²) in [6, 6.07) is -0.0702. The highest BCUT2D eigenvalue weighted by Crippen LogP contribution is 2.37. The van der Waals surface area contributed by atoms with Crippen LogP contribution in [0.4, 0.5) is 0 Å². The van der Waals surface area contributed by atoms with Crippen LogP contribution in [0.2, 0.25) is 0 Å². The number of carboxylic acids is 1.